The lowest BCUT2D eigenvalue weighted by molar-refractivity contribution is -0.0328. The van der Waals surface area contributed by atoms with E-state index in [9.17, 15) is 18.0 Å². The quantitative estimate of drug-likeness (QED) is 0.799. The normalized spacial score (nSPS) is 17.7. The van der Waals surface area contributed by atoms with Crippen LogP contribution in [0.1, 0.15) is 30.1 Å². The Morgan fingerprint density at radius 3 is 2.48 bits per heavy atom. The Balaban J connectivity index is 0.00000264. The summed E-state index contributed by atoms with van der Waals surface area (Å²) in [5.74, 6) is -0.112. The molecule has 0 aliphatic carbocycles. The largest absolute Gasteiger partial charge is 0.446 e. The molecular formula is C15H20ClF3N2OS. The summed E-state index contributed by atoms with van der Waals surface area (Å²) in [6.45, 7) is 4.32. The molecule has 1 unspecified atom stereocenters. The molecule has 0 bridgehead atoms. The van der Waals surface area contributed by atoms with E-state index in [2.05, 4.69) is 5.32 Å². The Kier molecular flexibility index (Phi) is 7.70. The molecule has 1 fully saturated rings. The fourth-order valence-electron chi connectivity index (χ4n) is 2.56. The number of carbonyl (C=O) groups is 1. The maximum absolute atomic E-state index is 12.6. The maximum Gasteiger partial charge on any atom is 0.446 e. The molecule has 0 saturated carbocycles. The van der Waals surface area contributed by atoms with Crippen LogP contribution in [-0.4, -0.2) is 42.0 Å². The molecule has 1 amide bonds. The monoisotopic (exact) mass is 368 g/mol. The summed E-state index contributed by atoms with van der Waals surface area (Å²) < 4.78 is 36.9. The van der Waals surface area contributed by atoms with E-state index in [-0.39, 0.29) is 41.0 Å². The van der Waals surface area contributed by atoms with Crippen LogP contribution in [0.5, 0.6) is 0 Å². The van der Waals surface area contributed by atoms with Crippen molar-refractivity contribution in [2.75, 3.05) is 19.6 Å². The summed E-state index contributed by atoms with van der Waals surface area (Å²) in [5, 5.41) is 3.23. The van der Waals surface area contributed by atoms with Crippen LogP contribution in [-0.2, 0) is 0 Å². The fraction of sp³-hybridized carbons (Fsp3) is 0.533. The zero-order valence-electron chi connectivity index (χ0n) is 12.7. The van der Waals surface area contributed by atoms with Crippen molar-refractivity contribution in [2.45, 2.75) is 36.2 Å². The molecule has 0 spiro atoms. The van der Waals surface area contributed by atoms with Crippen LogP contribution in [0.15, 0.2) is 29.2 Å². The van der Waals surface area contributed by atoms with Gasteiger partial charge in [-0.05, 0) is 55.4 Å². The molecule has 23 heavy (non-hydrogen) atoms. The van der Waals surface area contributed by atoms with Crippen LogP contribution in [0, 0.1) is 0 Å². The third kappa shape index (κ3) is 5.90. The molecule has 1 saturated heterocycles. The lowest BCUT2D eigenvalue weighted by Crippen LogP contribution is -2.42. The van der Waals surface area contributed by atoms with Crippen molar-refractivity contribution < 1.29 is 18.0 Å². The van der Waals surface area contributed by atoms with Crippen LogP contribution in [0.2, 0.25) is 0 Å². The molecule has 1 aromatic rings. The number of halogens is 4. The zero-order valence-corrected chi connectivity index (χ0v) is 14.4. The van der Waals surface area contributed by atoms with Gasteiger partial charge in [-0.3, -0.25) is 4.79 Å². The topological polar surface area (TPSA) is 32.3 Å². The minimum Gasteiger partial charge on any atom is -0.334 e. The van der Waals surface area contributed by atoms with Crippen molar-refractivity contribution in [3.05, 3.63) is 29.8 Å². The van der Waals surface area contributed by atoms with Gasteiger partial charge in [0.25, 0.3) is 5.91 Å². The number of amides is 1. The van der Waals surface area contributed by atoms with Gasteiger partial charge in [-0.25, -0.2) is 0 Å². The molecule has 2 rings (SSSR count). The molecule has 1 aromatic carbocycles. The molecule has 1 aliphatic heterocycles. The van der Waals surface area contributed by atoms with Crippen molar-refractivity contribution in [2.24, 2.45) is 0 Å². The molecule has 3 nitrogen and oxygen atoms in total. The maximum atomic E-state index is 12.6. The SMILES string of the molecule is CCCN(C(=O)c1ccc(SC(F)(F)F)cc1)C1CCNC1.Cl. The Morgan fingerprint density at radius 2 is 2.00 bits per heavy atom. The summed E-state index contributed by atoms with van der Waals surface area (Å²) >= 11 is -0.170. The van der Waals surface area contributed by atoms with E-state index in [1.165, 1.54) is 24.3 Å². The van der Waals surface area contributed by atoms with Crippen LogP contribution in [0.3, 0.4) is 0 Å². The number of nitrogens with zero attached hydrogens (tertiary/aromatic N) is 1. The molecule has 0 aromatic heterocycles. The highest BCUT2D eigenvalue weighted by Crippen LogP contribution is 2.36. The van der Waals surface area contributed by atoms with Crippen LogP contribution < -0.4 is 5.32 Å². The molecule has 1 heterocycles. The summed E-state index contributed by atoms with van der Waals surface area (Å²) in [5.41, 5.74) is -3.87. The first-order chi connectivity index (χ1) is 10.4. The van der Waals surface area contributed by atoms with Gasteiger partial charge in [-0.1, -0.05) is 6.92 Å². The Labute approximate surface area is 144 Å². The van der Waals surface area contributed by atoms with E-state index in [1.54, 1.807) is 0 Å². The van der Waals surface area contributed by atoms with Crippen molar-refractivity contribution in [3.8, 4) is 0 Å². The van der Waals surface area contributed by atoms with Gasteiger partial charge in [0.2, 0.25) is 0 Å². The second-order valence-corrected chi connectivity index (χ2v) is 6.36. The van der Waals surface area contributed by atoms with Crippen LogP contribution >= 0.6 is 24.2 Å². The van der Waals surface area contributed by atoms with Crippen molar-refractivity contribution in [3.63, 3.8) is 0 Å². The number of benzene rings is 1. The third-order valence-corrected chi connectivity index (χ3v) is 4.27. The van der Waals surface area contributed by atoms with Gasteiger partial charge in [-0.15, -0.1) is 12.4 Å². The number of hydrogen-bond acceptors (Lipinski definition) is 3. The molecule has 1 aliphatic rings. The van der Waals surface area contributed by atoms with E-state index in [1.807, 2.05) is 11.8 Å². The summed E-state index contributed by atoms with van der Waals surface area (Å²) in [6.07, 6.45) is 1.76. The highest BCUT2D eigenvalue weighted by Gasteiger charge is 2.30. The molecule has 8 heteroatoms. The highest BCUT2D eigenvalue weighted by atomic mass is 35.5. The average Bonchev–Trinajstić information content (AvgIpc) is 2.97. The first-order valence-corrected chi connectivity index (χ1v) is 8.10. The number of alkyl halides is 3. The molecule has 1 atom stereocenters. The number of nitrogens with one attached hydrogen (secondary N) is 1. The lowest BCUT2D eigenvalue weighted by Gasteiger charge is -2.28. The van der Waals surface area contributed by atoms with Gasteiger partial charge >= 0.3 is 5.51 Å². The van der Waals surface area contributed by atoms with Crippen molar-refractivity contribution in [1.29, 1.82) is 0 Å². The van der Waals surface area contributed by atoms with Gasteiger partial charge < -0.3 is 10.2 Å². The predicted octanol–water partition coefficient (Wildman–Crippen LogP) is 3.93. The zero-order chi connectivity index (χ0) is 16.2. The fourth-order valence-corrected chi connectivity index (χ4v) is 3.10. The number of carbonyl (C=O) groups excluding carboxylic acids is 1. The van der Waals surface area contributed by atoms with E-state index in [0.29, 0.717) is 12.1 Å². The standard InChI is InChI=1S/C15H19F3N2OS.ClH/c1-2-9-20(12-7-8-19-10-12)14(21)11-3-5-13(6-4-11)22-15(16,17)18;/h3-6,12,19H,2,7-10H2,1H3;1H. The number of rotatable bonds is 5. The summed E-state index contributed by atoms with van der Waals surface area (Å²) in [7, 11) is 0. The Morgan fingerprint density at radius 1 is 1.35 bits per heavy atom. The summed E-state index contributed by atoms with van der Waals surface area (Å²) in [4.78, 5) is 14.5. The van der Waals surface area contributed by atoms with Gasteiger partial charge in [0.15, 0.2) is 0 Å². The Hall–Kier alpha value is -0.920. The molecular weight excluding hydrogens is 349 g/mol. The van der Waals surface area contributed by atoms with Crippen LogP contribution in [0.25, 0.3) is 0 Å². The van der Waals surface area contributed by atoms with E-state index >= 15 is 0 Å². The van der Waals surface area contributed by atoms with Gasteiger partial charge in [0, 0.05) is 29.6 Å². The first-order valence-electron chi connectivity index (χ1n) is 7.28. The van der Waals surface area contributed by atoms with E-state index in [4.69, 9.17) is 0 Å². The predicted molar refractivity (Wildman–Crippen MR) is 88.2 cm³/mol. The van der Waals surface area contributed by atoms with E-state index in [0.717, 1.165) is 25.9 Å². The second kappa shape index (κ2) is 8.80. The minimum atomic E-state index is -4.31. The minimum absolute atomic E-state index is 0. The van der Waals surface area contributed by atoms with E-state index < -0.39 is 5.51 Å². The molecule has 0 radical (unpaired) electrons. The van der Waals surface area contributed by atoms with Crippen LogP contribution in [0.4, 0.5) is 13.2 Å². The highest BCUT2D eigenvalue weighted by molar-refractivity contribution is 8.00. The number of thioether (sulfide) groups is 1. The molecule has 130 valence electrons. The average molecular weight is 369 g/mol. The second-order valence-electron chi connectivity index (χ2n) is 5.22. The van der Waals surface area contributed by atoms with Gasteiger partial charge in [-0.2, -0.15) is 13.2 Å². The Bertz CT molecular complexity index is 504. The first kappa shape index (κ1) is 20.1. The molecule has 1 N–H and O–H groups in total. The van der Waals surface area contributed by atoms with Crippen molar-refractivity contribution >= 4 is 30.1 Å². The third-order valence-electron chi connectivity index (χ3n) is 3.54. The summed E-state index contributed by atoms with van der Waals surface area (Å²) in [6, 6.07) is 5.81. The van der Waals surface area contributed by atoms with Crippen molar-refractivity contribution in [1.82, 2.24) is 10.2 Å². The lowest BCUT2D eigenvalue weighted by atomic mass is 10.1. The number of hydrogen-bond donors (Lipinski definition) is 1. The smallest absolute Gasteiger partial charge is 0.334 e. The van der Waals surface area contributed by atoms with Gasteiger partial charge in [0.1, 0.15) is 0 Å². The van der Waals surface area contributed by atoms with Gasteiger partial charge in [0.05, 0.1) is 0 Å².